The minimum absolute atomic E-state index is 0.0623. The topological polar surface area (TPSA) is 185 Å². The third-order valence-electron chi connectivity index (χ3n) is 6.17. The van der Waals surface area contributed by atoms with E-state index < -0.39 is 9.17 Å². The molecule has 0 amide bonds. The molecule has 2 aromatic carbocycles. The number of nitrogens with zero attached hydrogens (tertiary/aromatic N) is 2. The van der Waals surface area contributed by atoms with E-state index in [4.69, 9.17) is 44.7 Å². The summed E-state index contributed by atoms with van der Waals surface area (Å²) in [4.78, 5) is 17.0. The predicted molar refractivity (Wildman–Crippen MR) is 139 cm³/mol. The molecule has 0 fully saturated rings. The molecule has 11 nitrogen and oxygen atoms in total. The van der Waals surface area contributed by atoms with Gasteiger partial charge in [-0.25, -0.2) is 0 Å². The zero-order valence-corrected chi connectivity index (χ0v) is 23.0. The Morgan fingerprint density at radius 3 is 0.895 bits per heavy atom. The van der Waals surface area contributed by atoms with Crippen LogP contribution in [0, 0.1) is 0 Å². The summed E-state index contributed by atoms with van der Waals surface area (Å²) in [5.74, 6) is 0. The van der Waals surface area contributed by atoms with Crippen LogP contribution in [0.5, 0.6) is 0 Å². The molecule has 0 aliphatic rings. The standard InChI is InChI=1S/2C13H22NO3.O3Si/c2*15-9-6-14(7-10-16,8-11-17)12-13-4-2-1-3-5-13;1-4(2)3/h2*1-5,15-17H,6-12H2;/q2*+1;-2. The van der Waals surface area contributed by atoms with Crippen molar-refractivity contribution in [2.45, 2.75) is 13.1 Å². The average Bonchev–Trinajstić information content (AvgIpc) is 2.86. The highest BCUT2D eigenvalue weighted by Gasteiger charge is 2.27. The SMILES string of the molecule is O=[Si]([O-])[O-].OCC[N+](CCO)(CCO)Cc1ccccc1.OCC[N+](CCO)(CCO)Cc1ccccc1. The van der Waals surface area contributed by atoms with Crippen molar-refractivity contribution in [1.29, 1.82) is 0 Å². The van der Waals surface area contributed by atoms with E-state index in [1.54, 1.807) is 0 Å². The normalized spacial score (nSPS) is 11.1. The molecule has 0 aliphatic heterocycles. The molecule has 0 spiro atoms. The largest absolute Gasteiger partial charge is 0.672 e. The van der Waals surface area contributed by atoms with Gasteiger partial charge < -0.3 is 53.7 Å². The first-order valence-electron chi connectivity index (χ1n) is 12.6. The lowest BCUT2D eigenvalue weighted by molar-refractivity contribution is -0.941. The van der Waals surface area contributed by atoms with Crippen molar-refractivity contribution in [3.05, 3.63) is 71.8 Å². The van der Waals surface area contributed by atoms with Crippen LogP contribution in [0.2, 0.25) is 0 Å². The number of rotatable bonds is 16. The van der Waals surface area contributed by atoms with E-state index in [2.05, 4.69) is 0 Å². The Morgan fingerprint density at radius 1 is 0.500 bits per heavy atom. The van der Waals surface area contributed by atoms with E-state index in [0.717, 1.165) is 24.2 Å². The monoisotopic (exact) mass is 556 g/mol. The Kier molecular flexibility index (Phi) is 20.4. The summed E-state index contributed by atoms with van der Waals surface area (Å²) in [6.07, 6.45) is 0. The Morgan fingerprint density at radius 2 is 0.711 bits per heavy atom. The van der Waals surface area contributed by atoms with Crippen molar-refractivity contribution >= 4 is 9.17 Å². The number of hydrogen-bond donors (Lipinski definition) is 6. The smallest absolute Gasteiger partial charge is 0.105 e. The molecule has 0 heterocycles. The van der Waals surface area contributed by atoms with Crippen LogP contribution in [-0.2, 0) is 17.6 Å². The Labute approximate surface area is 226 Å². The second-order valence-corrected chi connectivity index (χ2v) is 9.40. The van der Waals surface area contributed by atoms with Gasteiger partial charge in [-0.05, 0) is 0 Å². The van der Waals surface area contributed by atoms with Gasteiger partial charge in [0.1, 0.15) is 52.4 Å². The van der Waals surface area contributed by atoms with Gasteiger partial charge in [0.25, 0.3) is 0 Å². The molecule has 0 saturated carbocycles. The van der Waals surface area contributed by atoms with E-state index in [0.29, 0.717) is 48.2 Å². The molecule has 2 rings (SSSR count). The maximum absolute atomic E-state index is 9.15. The molecule has 2 aromatic rings. The second-order valence-electron chi connectivity index (χ2n) is 8.90. The number of aliphatic hydroxyl groups excluding tert-OH is 6. The first kappa shape index (κ1) is 35.7. The molecule has 6 N–H and O–H groups in total. The molecule has 0 saturated heterocycles. The van der Waals surface area contributed by atoms with Crippen molar-refractivity contribution in [2.75, 3.05) is 78.9 Å². The van der Waals surface area contributed by atoms with Crippen LogP contribution in [-0.4, -0.2) is 128 Å². The fraction of sp³-hybridized carbons (Fsp3) is 0.538. The third kappa shape index (κ3) is 15.9. The number of quaternary nitrogens is 2. The summed E-state index contributed by atoms with van der Waals surface area (Å²) in [7, 11) is -3.63. The Hall–Kier alpha value is -2.26. The minimum atomic E-state index is -3.63. The quantitative estimate of drug-likeness (QED) is 0.0931. The van der Waals surface area contributed by atoms with Crippen LogP contribution in [0.3, 0.4) is 0 Å². The number of hydrogen-bond acceptors (Lipinski definition) is 9. The minimum Gasteiger partial charge on any atom is -0.672 e. The maximum Gasteiger partial charge on any atom is 0.105 e. The molecular formula is C26H44N2O9Si. The third-order valence-corrected chi connectivity index (χ3v) is 6.17. The molecule has 216 valence electrons. The van der Waals surface area contributed by atoms with Gasteiger partial charge in [0.15, 0.2) is 0 Å². The van der Waals surface area contributed by atoms with Crippen LogP contribution < -0.4 is 9.59 Å². The molecule has 38 heavy (non-hydrogen) atoms. The molecule has 0 bridgehead atoms. The van der Waals surface area contributed by atoms with Gasteiger partial charge in [0, 0.05) is 20.3 Å². The van der Waals surface area contributed by atoms with Gasteiger partial charge in [0.2, 0.25) is 0 Å². The summed E-state index contributed by atoms with van der Waals surface area (Å²) in [6, 6.07) is 19.9. The Bertz CT molecular complexity index is 730. The molecule has 0 aromatic heterocycles. The maximum atomic E-state index is 9.15. The summed E-state index contributed by atoms with van der Waals surface area (Å²) >= 11 is 0. The average molecular weight is 557 g/mol. The van der Waals surface area contributed by atoms with E-state index >= 15 is 0 Å². The van der Waals surface area contributed by atoms with E-state index in [1.807, 2.05) is 60.7 Å². The predicted octanol–water partition coefficient (Wildman–Crippen LogP) is -2.92. The van der Waals surface area contributed by atoms with Gasteiger partial charge in [-0.15, -0.1) is 0 Å². The summed E-state index contributed by atoms with van der Waals surface area (Å²) in [6.45, 7) is 5.13. The van der Waals surface area contributed by atoms with Crippen molar-refractivity contribution in [2.24, 2.45) is 0 Å². The van der Waals surface area contributed by atoms with Crippen molar-refractivity contribution in [3.63, 3.8) is 0 Å². The van der Waals surface area contributed by atoms with Gasteiger partial charge in [-0.3, -0.25) is 0 Å². The first-order chi connectivity index (χ1) is 18.3. The van der Waals surface area contributed by atoms with Crippen LogP contribution >= 0.6 is 0 Å². The lowest BCUT2D eigenvalue weighted by atomic mass is 10.1. The molecular weight excluding hydrogens is 512 g/mol. The van der Waals surface area contributed by atoms with Crippen LogP contribution in [0.25, 0.3) is 0 Å². The zero-order valence-electron chi connectivity index (χ0n) is 22.0. The molecule has 0 aliphatic carbocycles. The highest BCUT2D eigenvalue weighted by Crippen LogP contribution is 2.15. The van der Waals surface area contributed by atoms with Gasteiger partial charge in [-0.1, -0.05) is 60.7 Å². The lowest BCUT2D eigenvalue weighted by Crippen LogP contribution is -2.52. The van der Waals surface area contributed by atoms with E-state index in [-0.39, 0.29) is 39.6 Å². The van der Waals surface area contributed by atoms with E-state index in [9.17, 15) is 0 Å². The van der Waals surface area contributed by atoms with E-state index in [1.165, 1.54) is 0 Å². The van der Waals surface area contributed by atoms with Crippen molar-refractivity contribution in [3.8, 4) is 0 Å². The highest BCUT2D eigenvalue weighted by molar-refractivity contribution is 6.17. The molecule has 0 radical (unpaired) electrons. The Balaban J connectivity index is 0.000000632. The van der Waals surface area contributed by atoms with Crippen LogP contribution in [0.15, 0.2) is 60.7 Å². The second kappa shape index (κ2) is 21.6. The highest BCUT2D eigenvalue weighted by atomic mass is 28.3. The summed E-state index contributed by atoms with van der Waals surface area (Å²) in [5, 5.41) is 54.9. The van der Waals surface area contributed by atoms with Crippen LogP contribution in [0.1, 0.15) is 11.1 Å². The fourth-order valence-corrected chi connectivity index (χ4v) is 4.36. The molecule has 0 unspecified atom stereocenters. The zero-order chi connectivity index (χ0) is 28.7. The summed E-state index contributed by atoms with van der Waals surface area (Å²) in [5.41, 5.74) is 2.31. The molecule has 12 heteroatoms. The fourth-order valence-electron chi connectivity index (χ4n) is 4.36. The van der Waals surface area contributed by atoms with Gasteiger partial charge in [0.05, 0.1) is 39.6 Å². The van der Waals surface area contributed by atoms with Crippen LogP contribution in [0.4, 0.5) is 0 Å². The van der Waals surface area contributed by atoms with Gasteiger partial charge in [-0.2, -0.15) is 0 Å². The number of aliphatic hydroxyl groups is 6. The lowest BCUT2D eigenvalue weighted by Gasteiger charge is -2.37. The molecule has 0 atom stereocenters. The van der Waals surface area contributed by atoms with Crippen molar-refractivity contribution < 1.29 is 53.7 Å². The van der Waals surface area contributed by atoms with Gasteiger partial charge >= 0.3 is 0 Å². The summed E-state index contributed by atoms with van der Waals surface area (Å²) < 4.78 is 9.56. The van der Waals surface area contributed by atoms with Crippen molar-refractivity contribution in [1.82, 2.24) is 0 Å². The first-order valence-corrected chi connectivity index (χ1v) is 13.8. The number of benzene rings is 2.